The molecular weight excluding hydrogens is 242 g/mol. The summed E-state index contributed by atoms with van der Waals surface area (Å²) in [6.45, 7) is 1.91. The van der Waals surface area contributed by atoms with E-state index in [0.717, 1.165) is 22.3 Å². The zero-order chi connectivity index (χ0) is 13.4. The summed E-state index contributed by atoms with van der Waals surface area (Å²) in [5, 5.41) is 14.3. The zero-order valence-corrected chi connectivity index (χ0v) is 10.2. The molecule has 0 radical (unpaired) electrons. The van der Waals surface area contributed by atoms with E-state index in [1.165, 1.54) is 0 Å². The summed E-state index contributed by atoms with van der Waals surface area (Å²) in [5.74, 6) is -0.935. The molecule has 3 rings (SSSR count). The second kappa shape index (κ2) is 4.20. The van der Waals surface area contributed by atoms with Gasteiger partial charge >= 0.3 is 5.97 Å². The summed E-state index contributed by atoms with van der Waals surface area (Å²) in [6, 6.07) is 8.67. The van der Waals surface area contributed by atoms with Crippen molar-refractivity contribution in [3.05, 3.63) is 54.0 Å². The molecule has 5 nitrogen and oxygen atoms in total. The minimum atomic E-state index is -0.935. The van der Waals surface area contributed by atoms with Crippen molar-refractivity contribution < 1.29 is 9.90 Å². The van der Waals surface area contributed by atoms with Crippen LogP contribution in [-0.4, -0.2) is 25.8 Å². The van der Waals surface area contributed by atoms with Crippen LogP contribution in [0, 0.1) is 6.92 Å². The Hall–Kier alpha value is -2.69. The molecule has 0 spiro atoms. The molecule has 1 N–H and O–H groups in total. The van der Waals surface area contributed by atoms with Crippen molar-refractivity contribution in [1.82, 2.24) is 14.8 Å². The van der Waals surface area contributed by atoms with E-state index in [1.807, 2.05) is 19.1 Å². The van der Waals surface area contributed by atoms with Gasteiger partial charge in [0.15, 0.2) is 0 Å². The number of nitrogens with zero attached hydrogens (tertiary/aromatic N) is 3. The Labute approximate surface area is 109 Å². The van der Waals surface area contributed by atoms with Crippen LogP contribution in [0.4, 0.5) is 0 Å². The van der Waals surface area contributed by atoms with Crippen molar-refractivity contribution >= 4 is 16.9 Å². The first-order chi connectivity index (χ1) is 9.16. The van der Waals surface area contributed by atoms with Gasteiger partial charge in [-0.25, -0.2) is 9.48 Å². The first-order valence-corrected chi connectivity index (χ1v) is 5.80. The number of aryl methyl sites for hydroxylation is 1. The largest absolute Gasteiger partial charge is 0.478 e. The van der Waals surface area contributed by atoms with Gasteiger partial charge in [-0.2, -0.15) is 5.10 Å². The number of benzene rings is 1. The number of pyridine rings is 1. The van der Waals surface area contributed by atoms with Gasteiger partial charge in [-0.05, 0) is 37.3 Å². The smallest absolute Gasteiger partial charge is 0.335 e. The summed E-state index contributed by atoms with van der Waals surface area (Å²) < 4.78 is 1.77. The molecule has 0 aliphatic heterocycles. The average Bonchev–Trinajstić information content (AvgIpc) is 2.77. The third-order valence-electron chi connectivity index (χ3n) is 3.05. The summed E-state index contributed by atoms with van der Waals surface area (Å²) >= 11 is 0. The quantitative estimate of drug-likeness (QED) is 0.761. The van der Waals surface area contributed by atoms with E-state index in [9.17, 15) is 4.79 Å². The van der Waals surface area contributed by atoms with Crippen LogP contribution in [0.15, 0.2) is 42.7 Å². The standard InChI is InChI=1S/C14H11N3O2/c1-9-12-7-10(14(18)19)4-5-13(12)16-17(9)11-3-2-6-15-8-11/h2-8H,1H3,(H,18,19). The Morgan fingerprint density at radius 1 is 1.32 bits per heavy atom. The van der Waals surface area contributed by atoms with Crippen LogP contribution in [0.5, 0.6) is 0 Å². The van der Waals surface area contributed by atoms with Crippen LogP contribution in [0.2, 0.25) is 0 Å². The third-order valence-corrected chi connectivity index (χ3v) is 3.05. The van der Waals surface area contributed by atoms with Gasteiger partial charge < -0.3 is 5.11 Å². The van der Waals surface area contributed by atoms with Crippen molar-refractivity contribution in [2.24, 2.45) is 0 Å². The number of carbonyl (C=O) groups is 1. The summed E-state index contributed by atoms with van der Waals surface area (Å²) in [5.41, 5.74) is 2.78. The van der Waals surface area contributed by atoms with Crippen LogP contribution in [0.1, 0.15) is 16.1 Å². The van der Waals surface area contributed by atoms with Crippen molar-refractivity contribution in [1.29, 1.82) is 0 Å². The van der Waals surface area contributed by atoms with Crippen LogP contribution in [0.3, 0.4) is 0 Å². The summed E-state index contributed by atoms with van der Waals surface area (Å²) in [4.78, 5) is 15.1. The lowest BCUT2D eigenvalue weighted by molar-refractivity contribution is 0.0697. The maximum atomic E-state index is 11.0. The minimum absolute atomic E-state index is 0.265. The predicted molar refractivity (Wildman–Crippen MR) is 70.6 cm³/mol. The van der Waals surface area contributed by atoms with Gasteiger partial charge in [-0.3, -0.25) is 4.98 Å². The topological polar surface area (TPSA) is 68.0 Å². The van der Waals surface area contributed by atoms with Gasteiger partial charge in [-0.15, -0.1) is 0 Å². The Morgan fingerprint density at radius 3 is 2.84 bits per heavy atom. The van der Waals surface area contributed by atoms with E-state index in [1.54, 1.807) is 35.3 Å². The van der Waals surface area contributed by atoms with Gasteiger partial charge in [0, 0.05) is 17.3 Å². The van der Waals surface area contributed by atoms with Crippen LogP contribution >= 0.6 is 0 Å². The van der Waals surface area contributed by atoms with Crippen LogP contribution in [0.25, 0.3) is 16.6 Å². The molecule has 0 bridgehead atoms. The van der Waals surface area contributed by atoms with Crippen molar-refractivity contribution in [3.63, 3.8) is 0 Å². The number of aromatic carboxylic acids is 1. The molecule has 3 aromatic rings. The Morgan fingerprint density at radius 2 is 2.16 bits per heavy atom. The second-order valence-corrected chi connectivity index (χ2v) is 4.25. The SMILES string of the molecule is Cc1c2cc(C(=O)O)ccc2nn1-c1cccnc1. The lowest BCUT2D eigenvalue weighted by atomic mass is 10.1. The van der Waals surface area contributed by atoms with Crippen LogP contribution < -0.4 is 0 Å². The molecule has 2 aromatic heterocycles. The molecule has 0 aliphatic carbocycles. The number of hydrogen-bond acceptors (Lipinski definition) is 3. The van der Waals surface area contributed by atoms with Crippen molar-refractivity contribution in [2.75, 3.05) is 0 Å². The highest BCUT2D eigenvalue weighted by Crippen LogP contribution is 2.22. The molecule has 0 aliphatic rings. The first kappa shape index (κ1) is 11.4. The van der Waals surface area contributed by atoms with Gasteiger partial charge in [-0.1, -0.05) is 0 Å². The van der Waals surface area contributed by atoms with Gasteiger partial charge in [0.1, 0.15) is 0 Å². The van der Waals surface area contributed by atoms with Crippen molar-refractivity contribution in [3.8, 4) is 5.69 Å². The lowest BCUT2D eigenvalue weighted by Crippen LogP contribution is -1.98. The lowest BCUT2D eigenvalue weighted by Gasteiger charge is -2.02. The number of carboxylic acid groups (broad SMARTS) is 1. The highest BCUT2D eigenvalue weighted by Gasteiger charge is 2.11. The molecular formula is C14H11N3O2. The van der Waals surface area contributed by atoms with Crippen LogP contribution in [-0.2, 0) is 0 Å². The zero-order valence-electron chi connectivity index (χ0n) is 10.2. The molecule has 0 unspecified atom stereocenters. The number of hydrogen-bond donors (Lipinski definition) is 1. The molecule has 5 heteroatoms. The maximum absolute atomic E-state index is 11.0. The van der Waals surface area contributed by atoms with E-state index in [0.29, 0.717) is 0 Å². The summed E-state index contributed by atoms with van der Waals surface area (Å²) in [6.07, 6.45) is 3.42. The number of aromatic nitrogens is 3. The third kappa shape index (κ3) is 1.85. The van der Waals surface area contributed by atoms with Gasteiger partial charge in [0.05, 0.1) is 23.0 Å². The summed E-state index contributed by atoms with van der Waals surface area (Å²) in [7, 11) is 0. The number of carboxylic acids is 1. The molecule has 2 heterocycles. The molecule has 0 atom stereocenters. The maximum Gasteiger partial charge on any atom is 0.335 e. The van der Waals surface area contributed by atoms with E-state index < -0.39 is 5.97 Å². The van der Waals surface area contributed by atoms with E-state index in [-0.39, 0.29) is 5.56 Å². The number of rotatable bonds is 2. The molecule has 94 valence electrons. The molecule has 0 amide bonds. The second-order valence-electron chi connectivity index (χ2n) is 4.25. The minimum Gasteiger partial charge on any atom is -0.478 e. The monoisotopic (exact) mass is 253 g/mol. The molecule has 1 aromatic carbocycles. The fourth-order valence-corrected chi connectivity index (χ4v) is 2.07. The van der Waals surface area contributed by atoms with Gasteiger partial charge in [0.25, 0.3) is 0 Å². The first-order valence-electron chi connectivity index (χ1n) is 5.80. The van der Waals surface area contributed by atoms with E-state index in [4.69, 9.17) is 5.11 Å². The van der Waals surface area contributed by atoms with Crippen molar-refractivity contribution in [2.45, 2.75) is 6.92 Å². The highest BCUT2D eigenvalue weighted by atomic mass is 16.4. The fourth-order valence-electron chi connectivity index (χ4n) is 2.07. The predicted octanol–water partition coefficient (Wildman–Crippen LogP) is 2.43. The van der Waals surface area contributed by atoms with Gasteiger partial charge in [0.2, 0.25) is 0 Å². The average molecular weight is 253 g/mol. The number of fused-ring (bicyclic) bond motifs is 1. The van der Waals surface area contributed by atoms with E-state index in [2.05, 4.69) is 10.1 Å². The normalized spacial score (nSPS) is 10.8. The van der Waals surface area contributed by atoms with E-state index >= 15 is 0 Å². The molecule has 0 fully saturated rings. The Kier molecular flexibility index (Phi) is 2.52. The molecule has 19 heavy (non-hydrogen) atoms. The highest BCUT2D eigenvalue weighted by molar-refractivity contribution is 5.94. The molecule has 0 saturated heterocycles. The Balaban J connectivity index is 2.24. The Bertz CT molecular complexity index is 763. The molecule has 0 saturated carbocycles. The fraction of sp³-hybridized carbons (Fsp3) is 0.0714.